The lowest BCUT2D eigenvalue weighted by atomic mass is 10.2. The highest BCUT2D eigenvalue weighted by molar-refractivity contribution is 5.86. The topological polar surface area (TPSA) is 81.9 Å². The minimum absolute atomic E-state index is 0.257. The van der Waals surface area contributed by atoms with Crippen LogP contribution in [-0.4, -0.2) is 30.4 Å². The molecule has 0 heterocycles. The van der Waals surface area contributed by atoms with Crippen molar-refractivity contribution in [3.8, 4) is 0 Å². The Kier molecular flexibility index (Phi) is 10.0. The van der Waals surface area contributed by atoms with E-state index in [1.54, 1.807) is 0 Å². The number of unbranched alkanes of at least 4 members (excludes halogenated alkanes) is 4. The zero-order chi connectivity index (χ0) is 13.8. The predicted octanol–water partition coefficient (Wildman–Crippen LogP) is 2.82. The monoisotopic (exact) mass is 260 g/mol. The van der Waals surface area contributed by atoms with Gasteiger partial charge in [-0.05, 0) is 12.8 Å². The standard InChI is InChI=1S/C12H24N2O4/c1-3-5-7-8-10-18-12(16)14(13)11(15)17-9-6-4-2/h3-10,13H2,1-2H3. The first-order valence-electron chi connectivity index (χ1n) is 6.51. The summed E-state index contributed by atoms with van der Waals surface area (Å²) in [5.74, 6) is 5.27. The summed E-state index contributed by atoms with van der Waals surface area (Å²) in [6.45, 7) is 4.60. The van der Waals surface area contributed by atoms with Crippen molar-refractivity contribution < 1.29 is 19.1 Å². The molecule has 2 amide bonds. The molecule has 0 rings (SSSR count). The van der Waals surface area contributed by atoms with Crippen LogP contribution in [0.1, 0.15) is 52.4 Å². The number of hydrazine groups is 1. The highest BCUT2D eigenvalue weighted by atomic mass is 16.6. The molecule has 0 fully saturated rings. The molecule has 18 heavy (non-hydrogen) atoms. The first-order chi connectivity index (χ1) is 8.63. The van der Waals surface area contributed by atoms with Crippen molar-refractivity contribution in [1.82, 2.24) is 5.01 Å². The fourth-order valence-electron chi connectivity index (χ4n) is 1.21. The number of ether oxygens (including phenoxy) is 2. The van der Waals surface area contributed by atoms with Crippen LogP contribution in [0.4, 0.5) is 9.59 Å². The van der Waals surface area contributed by atoms with E-state index in [0.717, 1.165) is 38.5 Å². The third kappa shape index (κ3) is 7.89. The molecular weight excluding hydrogens is 236 g/mol. The zero-order valence-corrected chi connectivity index (χ0v) is 11.3. The SMILES string of the molecule is CCCCCCOC(=O)N(N)C(=O)OCCCC. The van der Waals surface area contributed by atoms with Gasteiger partial charge in [-0.25, -0.2) is 15.4 Å². The summed E-state index contributed by atoms with van der Waals surface area (Å²) in [6, 6.07) is 0. The van der Waals surface area contributed by atoms with Gasteiger partial charge in [0.15, 0.2) is 0 Å². The smallest absolute Gasteiger partial charge is 0.434 e. The maximum Gasteiger partial charge on any atom is 0.434 e. The highest BCUT2D eigenvalue weighted by Gasteiger charge is 2.20. The van der Waals surface area contributed by atoms with Gasteiger partial charge in [0.25, 0.3) is 0 Å². The van der Waals surface area contributed by atoms with E-state index in [2.05, 4.69) is 6.92 Å². The van der Waals surface area contributed by atoms with Crippen molar-refractivity contribution in [2.75, 3.05) is 13.2 Å². The predicted molar refractivity (Wildman–Crippen MR) is 67.8 cm³/mol. The minimum atomic E-state index is -0.873. The third-order valence-electron chi connectivity index (χ3n) is 2.34. The Labute approximate surface area is 108 Å². The van der Waals surface area contributed by atoms with Gasteiger partial charge in [-0.2, -0.15) is 0 Å². The largest absolute Gasteiger partial charge is 0.448 e. The highest BCUT2D eigenvalue weighted by Crippen LogP contribution is 2.00. The first kappa shape index (κ1) is 16.7. The summed E-state index contributed by atoms with van der Waals surface area (Å²) < 4.78 is 9.61. The molecule has 0 bridgehead atoms. The van der Waals surface area contributed by atoms with E-state index in [-0.39, 0.29) is 13.2 Å². The zero-order valence-electron chi connectivity index (χ0n) is 11.3. The number of carbonyl (C=O) groups excluding carboxylic acids is 2. The number of nitrogens with zero attached hydrogens (tertiary/aromatic N) is 1. The average molecular weight is 260 g/mol. The van der Waals surface area contributed by atoms with Crippen molar-refractivity contribution in [2.24, 2.45) is 5.84 Å². The lowest BCUT2D eigenvalue weighted by Crippen LogP contribution is -2.43. The molecule has 0 aliphatic rings. The Morgan fingerprint density at radius 3 is 1.89 bits per heavy atom. The van der Waals surface area contributed by atoms with E-state index in [0.29, 0.717) is 5.01 Å². The Bertz CT molecular complexity index is 246. The van der Waals surface area contributed by atoms with Gasteiger partial charge in [0.2, 0.25) is 0 Å². The molecule has 0 saturated carbocycles. The quantitative estimate of drug-likeness (QED) is 0.314. The molecule has 0 aromatic carbocycles. The molecule has 0 atom stereocenters. The van der Waals surface area contributed by atoms with Gasteiger partial charge >= 0.3 is 12.2 Å². The molecule has 0 spiro atoms. The summed E-state index contributed by atoms with van der Waals surface area (Å²) >= 11 is 0. The Morgan fingerprint density at radius 1 is 0.889 bits per heavy atom. The lowest BCUT2D eigenvalue weighted by molar-refractivity contribution is 0.0750. The van der Waals surface area contributed by atoms with Gasteiger partial charge in [0.05, 0.1) is 13.2 Å². The molecular formula is C12H24N2O4. The number of amides is 2. The van der Waals surface area contributed by atoms with E-state index in [1.165, 1.54) is 0 Å². The number of nitrogens with two attached hydrogens (primary N) is 1. The van der Waals surface area contributed by atoms with Crippen molar-refractivity contribution in [1.29, 1.82) is 0 Å². The summed E-state index contributed by atoms with van der Waals surface area (Å²) in [5, 5.41) is 0.371. The second-order valence-electron chi connectivity index (χ2n) is 4.01. The van der Waals surface area contributed by atoms with Gasteiger partial charge < -0.3 is 9.47 Å². The van der Waals surface area contributed by atoms with Gasteiger partial charge in [0.1, 0.15) is 0 Å². The fourth-order valence-corrected chi connectivity index (χ4v) is 1.21. The Balaban J connectivity index is 3.70. The van der Waals surface area contributed by atoms with Crippen LogP contribution in [0.5, 0.6) is 0 Å². The van der Waals surface area contributed by atoms with Crippen LogP contribution < -0.4 is 5.84 Å². The number of hydrogen-bond acceptors (Lipinski definition) is 5. The van der Waals surface area contributed by atoms with E-state index in [4.69, 9.17) is 15.3 Å². The fraction of sp³-hybridized carbons (Fsp3) is 0.833. The number of carbonyl (C=O) groups is 2. The third-order valence-corrected chi connectivity index (χ3v) is 2.34. The first-order valence-corrected chi connectivity index (χ1v) is 6.51. The summed E-state index contributed by atoms with van der Waals surface area (Å²) in [5.41, 5.74) is 0. The van der Waals surface area contributed by atoms with E-state index in [9.17, 15) is 9.59 Å². The van der Waals surface area contributed by atoms with Crippen LogP contribution in [0.3, 0.4) is 0 Å². The molecule has 0 radical (unpaired) electrons. The van der Waals surface area contributed by atoms with Crippen LogP contribution in [0.15, 0.2) is 0 Å². The molecule has 0 aliphatic carbocycles. The van der Waals surface area contributed by atoms with E-state index >= 15 is 0 Å². The van der Waals surface area contributed by atoms with Gasteiger partial charge in [0, 0.05) is 0 Å². The summed E-state index contributed by atoms with van der Waals surface area (Å²) in [4.78, 5) is 22.6. The van der Waals surface area contributed by atoms with Crippen LogP contribution >= 0.6 is 0 Å². The van der Waals surface area contributed by atoms with Crippen molar-refractivity contribution >= 4 is 12.2 Å². The Morgan fingerprint density at radius 2 is 1.39 bits per heavy atom. The van der Waals surface area contributed by atoms with Crippen LogP contribution in [0.25, 0.3) is 0 Å². The molecule has 2 N–H and O–H groups in total. The van der Waals surface area contributed by atoms with Crippen LogP contribution in [-0.2, 0) is 9.47 Å². The second-order valence-corrected chi connectivity index (χ2v) is 4.01. The van der Waals surface area contributed by atoms with Gasteiger partial charge in [-0.15, -0.1) is 5.01 Å². The van der Waals surface area contributed by atoms with Gasteiger partial charge in [-0.1, -0.05) is 39.5 Å². The van der Waals surface area contributed by atoms with Crippen LogP contribution in [0, 0.1) is 0 Å². The van der Waals surface area contributed by atoms with Crippen molar-refractivity contribution in [2.45, 2.75) is 52.4 Å². The maximum absolute atomic E-state index is 11.3. The molecule has 0 aromatic rings. The normalized spacial score (nSPS) is 9.94. The molecule has 0 aliphatic heterocycles. The molecule has 106 valence electrons. The number of imide groups is 1. The van der Waals surface area contributed by atoms with E-state index < -0.39 is 12.2 Å². The summed E-state index contributed by atoms with van der Waals surface area (Å²) in [7, 11) is 0. The molecule has 6 heteroatoms. The maximum atomic E-state index is 11.3. The average Bonchev–Trinajstić information content (AvgIpc) is 2.37. The second kappa shape index (κ2) is 10.8. The lowest BCUT2D eigenvalue weighted by Gasteiger charge is -2.14. The summed E-state index contributed by atoms with van der Waals surface area (Å²) in [6.07, 6.45) is 3.89. The van der Waals surface area contributed by atoms with Crippen LogP contribution in [0.2, 0.25) is 0 Å². The van der Waals surface area contributed by atoms with Crippen molar-refractivity contribution in [3.05, 3.63) is 0 Å². The molecule has 6 nitrogen and oxygen atoms in total. The van der Waals surface area contributed by atoms with Gasteiger partial charge in [-0.3, -0.25) is 0 Å². The number of rotatable bonds is 8. The molecule has 0 unspecified atom stereocenters. The minimum Gasteiger partial charge on any atom is -0.448 e. The number of hydrogen-bond donors (Lipinski definition) is 1. The Hall–Kier alpha value is -1.30. The van der Waals surface area contributed by atoms with E-state index in [1.807, 2.05) is 6.92 Å². The molecule has 0 saturated heterocycles. The van der Waals surface area contributed by atoms with Crippen molar-refractivity contribution in [3.63, 3.8) is 0 Å². The molecule has 0 aromatic heterocycles.